The molecular formula is C15H14ClN5O2S. The van der Waals surface area contributed by atoms with Crippen LogP contribution < -0.4 is 4.72 Å². The van der Waals surface area contributed by atoms with Crippen LogP contribution in [0.25, 0.3) is 5.69 Å². The summed E-state index contributed by atoms with van der Waals surface area (Å²) in [5.74, 6) is 0.369. The molecule has 3 rings (SSSR count). The summed E-state index contributed by atoms with van der Waals surface area (Å²) in [5.41, 5.74) is 1.68. The fourth-order valence-electron chi connectivity index (χ4n) is 2.06. The van der Waals surface area contributed by atoms with Crippen molar-refractivity contribution in [2.75, 3.05) is 0 Å². The molecule has 0 unspecified atom stereocenters. The number of hydrogen-bond donors (Lipinski definition) is 1. The van der Waals surface area contributed by atoms with E-state index in [9.17, 15) is 8.42 Å². The molecule has 0 saturated carbocycles. The first-order valence-electron chi connectivity index (χ1n) is 7.05. The molecule has 24 heavy (non-hydrogen) atoms. The van der Waals surface area contributed by atoms with E-state index in [4.69, 9.17) is 11.6 Å². The predicted molar refractivity (Wildman–Crippen MR) is 89.4 cm³/mol. The maximum Gasteiger partial charge on any atom is 0.240 e. The van der Waals surface area contributed by atoms with Gasteiger partial charge in [-0.15, -0.1) is 5.10 Å². The summed E-state index contributed by atoms with van der Waals surface area (Å²) in [6.07, 6.45) is 0. The number of halogens is 1. The number of rotatable bonds is 5. The summed E-state index contributed by atoms with van der Waals surface area (Å²) in [4.78, 5) is 0.193. The van der Waals surface area contributed by atoms with Crippen LogP contribution in [0, 0.1) is 6.92 Å². The van der Waals surface area contributed by atoms with Crippen LogP contribution in [0.5, 0.6) is 0 Å². The molecule has 3 aromatic rings. The van der Waals surface area contributed by atoms with Gasteiger partial charge in [-0.05, 0) is 53.7 Å². The molecule has 0 bridgehead atoms. The zero-order valence-electron chi connectivity index (χ0n) is 12.7. The minimum Gasteiger partial charge on any atom is -0.207 e. The van der Waals surface area contributed by atoms with Gasteiger partial charge in [0.2, 0.25) is 10.0 Å². The van der Waals surface area contributed by atoms with Crippen molar-refractivity contribution in [2.24, 2.45) is 0 Å². The predicted octanol–water partition coefficient (Wildman–Crippen LogP) is 2.10. The smallest absolute Gasteiger partial charge is 0.207 e. The summed E-state index contributed by atoms with van der Waals surface area (Å²) in [6, 6.07) is 13.5. The Morgan fingerprint density at radius 3 is 2.42 bits per heavy atom. The lowest BCUT2D eigenvalue weighted by Gasteiger charge is -2.08. The first-order chi connectivity index (χ1) is 11.5. The Bertz CT molecular complexity index is 937. The Kier molecular flexibility index (Phi) is 4.61. The molecule has 7 nitrogen and oxygen atoms in total. The zero-order valence-corrected chi connectivity index (χ0v) is 14.3. The van der Waals surface area contributed by atoms with E-state index in [0.717, 1.165) is 5.56 Å². The van der Waals surface area contributed by atoms with Crippen molar-refractivity contribution in [3.63, 3.8) is 0 Å². The summed E-state index contributed by atoms with van der Waals surface area (Å²) >= 11 is 5.86. The SMILES string of the molecule is Cc1ccc(S(=O)(=O)NCc2nnnn2-c2ccc(Cl)cc2)cc1. The number of nitrogens with zero attached hydrogens (tertiary/aromatic N) is 4. The Balaban J connectivity index is 1.79. The molecule has 9 heteroatoms. The van der Waals surface area contributed by atoms with Gasteiger partial charge >= 0.3 is 0 Å². The van der Waals surface area contributed by atoms with Gasteiger partial charge in [0, 0.05) is 5.02 Å². The molecule has 0 aliphatic carbocycles. The minimum absolute atomic E-state index is 0.0359. The normalized spacial score (nSPS) is 11.6. The average Bonchev–Trinajstić information content (AvgIpc) is 3.03. The number of benzene rings is 2. The third-order valence-corrected chi connectivity index (χ3v) is 5.03. The second-order valence-corrected chi connectivity index (χ2v) is 7.32. The maximum atomic E-state index is 12.3. The molecule has 0 aliphatic heterocycles. The van der Waals surface area contributed by atoms with Crippen LogP contribution in [0.15, 0.2) is 53.4 Å². The number of tetrazole rings is 1. The van der Waals surface area contributed by atoms with Crippen LogP contribution in [0.3, 0.4) is 0 Å². The van der Waals surface area contributed by atoms with Gasteiger partial charge in [0.25, 0.3) is 0 Å². The van der Waals surface area contributed by atoms with Crippen molar-refractivity contribution >= 4 is 21.6 Å². The van der Waals surface area contributed by atoms with E-state index in [2.05, 4.69) is 20.2 Å². The lowest BCUT2D eigenvalue weighted by atomic mass is 10.2. The fourth-order valence-corrected chi connectivity index (χ4v) is 3.17. The van der Waals surface area contributed by atoms with Gasteiger partial charge in [0.1, 0.15) is 0 Å². The second-order valence-electron chi connectivity index (χ2n) is 5.12. The first kappa shape index (κ1) is 16.6. The van der Waals surface area contributed by atoms with Gasteiger partial charge in [-0.1, -0.05) is 29.3 Å². The van der Waals surface area contributed by atoms with Crippen molar-refractivity contribution in [1.29, 1.82) is 0 Å². The molecule has 0 radical (unpaired) electrons. The highest BCUT2D eigenvalue weighted by atomic mass is 35.5. The van der Waals surface area contributed by atoms with E-state index in [1.807, 2.05) is 6.92 Å². The number of sulfonamides is 1. The van der Waals surface area contributed by atoms with Crippen LogP contribution in [0.1, 0.15) is 11.4 Å². The molecule has 0 spiro atoms. The van der Waals surface area contributed by atoms with E-state index in [1.54, 1.807) is 48.5 Å². The Morgan fingerprint density at radius 2 is 1.75 bits per heavy atom. The largest absolute Gasteiger partial charge is 0.240 e. The van der Waals surface area contributed by atoms with Crippen molar-refractivity contribution in [1.82, 2.24) is 24.9 Å². The van der Waals surface area contributed by atoms with Gasteiger partial charge in [-0.3, -0.25) is 0 Å². The maximum absolute atomic E-state index is 12.3. The summed E-state index contributed by atoms with van der Waals surface area (Å²) in [7, 11) is -3.64. The quantitative estimate of drug-likeness (QED) is 0.749. The average molecular weight is 364 g/mol. The summed E-state index contributed by atoms with van der Waals surface area (Å²) in [5, 5.41) is 11.9. The van der Waals surface area contributed by atoms with Crippen LogP contribution in [0.2, 0.25) is 5.02 Å². The van der Waals surface area contributed by atoms with Crippen molar-refractivity contribution < 1.29 is 8.42 Å². The third-order valence-electron chi connectivity index (χ3n) is 3.36. The molecule has 0 fully saturated rings. The van der Waals surface area contributed by atoms with E-state index >= 15 is 0 Å². The molecule has 1 aromatic heterocycles. The van der Waals surface area contributed by atoms with Crippen molar-refractivity contribution in [3.05, 3.63) is 64.9 Å². The van der Waals surface area contributed by atoms with Crippen LogP contribution in [0.4, 0.5) is 0 Å². The van der Waals surface area contributed by atoms with E-state index in [0.29, 0.717) is 16.5 Å². The number of hydrogen-bond acceptors (Lipinski definition) is 5. The van der Waals surface area contributed by atoms with Crippen LogP contribution >= 0.6 is 11.6 Å². The Labute approximate surface area is 144 Å². The highest BCUT2D eigenvalue weighted by Crippen LogP contribution is 2.14. The molecule has 1 heterocycles. The molecular weight excluding hydrogens is 350 g/mol. The summed E-state index contributed by atoms with van der Waals surface area (Å²) in [6.45, 7) is 1.86. The topological polar surface area (TPSA) is 89.8 Å². The monoisotopic (exact) mass is 363 g/mol. The molecule has 1 N–H and O–H groups in total. The standard InChI is InChI=1S/C15H14ClN5O2S/c1-11-2-8-14(9-3-11)24(22,23)17-10-15-18-19-20-21(15)13-6-4-12(16)5-7-13/h2-9,17H,10H2,1H3. The molecule has 0 aliphatic rings. The third kappa shape index (κ3) is 3.61. The van der Waals surface area contributed by atoms with Gasteiger partial charge < -0.3 is 0 Å². The highest BCUT2D eigenvalue weighted by molar-refractivity contribution is 7.89. The molecule has 2 aromatic carbocycles. The molecule has 0 saturated heterocycles. The van der Waals surface area contributed by atoms with E-state index in [1.165, 1.54) is 4.68 Å². The van der Waals surface area contributed by atoms with Crippen LogP contribution in [-0.2, 0) is 16.6 Å². The van der Waals surface area contributed by atoms with Gasteiger partial charge in [-0.2, -0.15) is 4.68 Å². The van der Waals surface area contributed by atoms with E-state index < -0.39 is 10.0 Å². The second kappa shape index (κ2) is 6.68. The van der Waals surface area contributed by atoms with Crippen LogP contribution in [-0.4, -0.2) is 28.6 Å². The van der Waals surface area contributed by atoms with Gasteiger partial charge in [-0.25, -0.2) is 13.1 Å². The Hall–Kier alpha value is -2.29. The fraction of sp³-hybridized carbons (Fsp3) is 0.133. The molecule has 0 amide bonds. The molecule has 0 atom stereocenters. The zero-order chi connectivity index (χ0) is 17.2. The van der Waals surface area contributed by atoms with Gasteiger partial charge in [0.15, 0.2) is 5.82 Å². The van der Waals surface area contributed by atoms with Crippen molar-refractivity contribution in [2.45, 2.75) is 18.4 Å². The first-order valence-corrected chi connectivity index (χ1v) is 8.91. The lowest BCUT2D eigenvalue weighted by Crippen LogP contribution is -2.25. The number of nitrogens with one attached hydrogen (secondary N) is 1. The minimum atomic E-state index is -3.64. The lowest BCUT2D eigenvalue weighted by molar-refractivity contribution is 0.578. The number of aromatic nitrogens is 4. The van der Waals surface area contributed by atoms with E-state index in [-0.39, 0.29) is 11.4 Å². The number of aryl methyl sites for hydroxylation is 1. The summed E-state index contributed by atoms with van der Waals surface area (Å²) < 4.78 is 28.6. The molecule has 124 valence electrons. The van der Waals surface area contributed by atoms with Gasteiger partial charge in [0.05, 0.1) is 17.1 Å². The highest BCUT2D eigenvalue weighted by Gasteiger charge is 2.16. The Morgan fingerprint density at radius 1 is 1.08 bits per heavy atom. The van der Waals surface area contributed by atoms with Crippen molar-refractivity contribution in [3.8, 4) is 5.69 Å².